The number of hydrogen-bond donors (Lipinski definition) is 1. The van der Waals surface area contributed by atoms with Gasteiger partial charge in [-0.25, -0.2) is 9.18 Å². The maximum atomic E-state index is 13.5. The Bertz CT molecular complexity index is 982. The average molecular weight is 395 g/mol. The molecule has 0 fully saturated rings. The van der Waals surface area contributed by atoms with Gasteiger partial charge in [0.1, 0.15) is 22.9 Å². The number of amides is 1. The SMILES string of the molecule is C=CC1=C(c2ccc(F)cc2)c2ccc(OC(=O)NC(C)(C)C)cc2OC1(C)C. The summed E-state index contributed by atoms with van der Waals surface area (Å²) in [4.78, 5) is 12.1. The number of nitrogens with one attached hydrogen (secondary N) is 1. The highest BCUT2D eigenvalue weighted by molar-refractivity contribution is 5.89. The van der Waals surface area contributed by atoms with Crippen LogP contribution in [0.1, 0.15) is 45.7 Å². The maximum absolute atomic E-state index is 13.5. The number of rotatable bonds is 3. The van der Waals surface area contributed by atoms with Crippen molar-refractivity contribution in [3.63, 3.8) is 0 Å². The largest absolute Gasteiger partial charge is 0.482 e. The predicted molar refractivity (Wildman–Crippen MR) is 113 cm³/mol. The Morgan fingerprint density at radius 1 is 1.17 bits per heavy atom. The molecule has 1 aliphatic heterocycles. The van der Waals surface area contributed by atoms with Crippen LogP contribution in [-0.2, 0) is 0 Å². The van der Waals surface area contributed by atoms with Gasteiger partial charge in [-0.15, -0.1) is 0 Å². The molecule has 4 nitrogen and oxygen atoms in total. The van der Waals surface area contributed by atoms with Crippen molar-refractivity contribution < 1.29 is 18.7 Å². The first kappa shape index (κ1) is 20.6. The summed E-state index contributed by atoms with van der Waals surface area (Å²) in [5.41, 5.74) is 2.44. The molecule has 0 aromatic heterocycles. The molecule has 0 saturated heterocycles. The first-order chi connectivity index (χ1) is 13.5. The quantitative estimate of drug-likeness (QED) is 0.707. The van der Waals surface area contributed by atoms with E-state index in [9.17, 15) is 9.18 Å². The van der Waals surface area contributed by atoms with Crippen LogP contribution in [0.5, 0.6) is 11.5 Å². The zero-order valence-corrected chi connectivity index (χ0v) is 17.4. The van der Waals surface area contributed by atoms with Crippen molar-refractivity contribution in [3.8, 4) is 11.5 Å². The van der Waals surface area contributed by atoms with Gasteiger partial charge in [0.2, 0.25) is 0 Å². The number of benzene rings is 2. The van der Waals surface area contributed by atoms with E-state index >= 15 is 0 Å². The third kappa shape index (κ3) is 4.50. The van der Waals surface area contributed by atoms with Crippen molar-refractivity contribution in [2.45, 2.75) is 45.8 Å². The van der Waals surface area contributed by atoms with Crippen LogP contribution in [0.25, 0.3) is 5.57 Å². The molecule has 1 N–H and O–H groups in total. The first-order valence-corrected chi connectivity index (χ1v) is 9.47. The molecule has 0 saturated carbocycles. The predicted octanol–water partition coefficient (Wildman–Crippen LogP) is 5.87. The van der Waals surface area contributed by atoms with Crippen LogP contribution in [0.15, 0.2) is 60.7 Å². The lowest BCUT2D eigenvalue weighted by molar-refractivity contribution is 0.148. The first-order valence-electron chi connectivity index (χ1n) is 9.47. The maximum Gasteiger partial charge on any atom is 0.413 e. The Hall–Kier alpha value is -3.08. The summed E-state index contributed by atoms with van der Waals surface area (Å²) < 4.78 is 25.1. The van der Waals surface area contributed by atoms with Crippen LogP contribution in [0.3, 0.4) is 0 Å². The van der Waals surface area contributed by atoms with Gasteiger partial charge in [-0.3, -0.25) is 0 Å². The van der Waals surface area contributed by atoms with Crippen LogP contribution < -0.4 is 14.8 Å². The average Bonchev–Trinajstić information content (AvgIpc) is 2.58. The van der Waals surface area contributed by atoms with Gasteiger partial charge in [0, 0.05) is 22.7 Å². The van der Waals surface area contributed by atoms with Gasteiger partial charge in [0.05, 0.1) is 0 Å². The summed E-state index contributed by atoms with van der Waals surface area (Å²) in [7, 11) is 0. The van der Waals surface area contributed by atoms with E-state index in [0.29, 0.717) is 11.5 Å². The second kappa shape index (κ2) is 7.39. The van der Waals surface area contributed by atoms with Crippen molar-refractivity contribution >= 4 is 11.7 Å². The van der Waals surface area contributed by atoms with Crippen molar-refractivity contribution in [3.05, 3.63) is 77.6 Å². The second-order valence-corrected chi connectivity index (χ2v) is 8.53. The van der Waals surface area contributed by atoms with Crippen LogP contribution in [0, 0.1) is 5.82 Å². The Morgan fingerprint density at radius 2 is 1.83 bits per heavy atom. The number of ether oxygens (including phenoxy) is 2. The molecule has 2 aromatic rings. The molecule has 1 amide bonds. The van der Waals surface area contributed by atoms with Gasteiger partial charge in [0.25, 0.3) is 0 Å². The fourth-order valence-corrected chi connectivity index (χ4v) is 3.35. The van der Waals surface area contributed by atoms with E-state index in [1.807, 2.05) is 40.7 Å². The van der Waals surface area contributed by atoms with E-state index in [4.69, 9.17) is 9.47 Å². The zero-order valence-electron chi connectivity index (χ0n) is 17.4. The van der Waals surface area contributed by atoms with E-state index in [1.165, 1.54) is 12.1 Å². The summed E-state index contributed by atoms with van der Waals surface area (Å²) in [5, 5.41) is 2.76. The van der Waals surface area contributed by atoms with Crippen LogP contribution in [-0.4, -0.2) is 17.2 Å². The lowest BCUT2D eigenvalue weighted by Crippen LogP contribution is -2.42. The number of carbonyl (C=O) groups is 1. The van der Waals surface area contributed by atoms with Crippen LogP contribution >= 0.6 is 0 Å². The van der Waals surface area contributed by atoms with Gasteiger partial charge in [-0.05, 0) is 70.0 Å². The van der Waals surface area contributed by atoms with Crippen LogP contribution in [0.2, 0.25) is 0 Å². The summed E-state index contributed by atoms with van der Waals surface area (Å²) in [6.07, 6.45) is 1.23. The molecule has 2 aromatic carbocycles. The van der Waals surface area contributed by atoms with Gasteiger partial charge in [-0.2, -0.15) is 0 Å². The van der Waals surface area contributed by atoms with E-state index in [1.54, 1.807) is 30.3 Å². The van der Waals surface area contributed by atoms with Gasteiger partial charge < -0.3 is 14.8 Å². The molecule has 0 radical (unpaired) electrons. The highest BCUT2D eigenvalue weighted by Crippen LogP contribution is 2.45. The van der Waals surface area contributed by atoms with Gasteiger partial charge in [-0.1, -0.05) is 24.8 Å². The highest BCUT2D eigenvalue weighted by Gasteiger charge is 2.34. The van der Waals surface area contributed by atoms with E-state index < -0.39 is 17.2 Å². The molecular formula is C24H26FNO3. The molecule has 0 unspecified atom stereocenters. The molecule has 3 rings (SSSR count). The zero-order chi connectivity index (χ0) is 21.4. The Labute approximate surface area is 171 Å². The highest BCUT2D eigenvalue weighted by atomic mass is 19.1. The minimum absolute atomic E-state index is 0.297. The summed E-state index contributed by atoms with van der Waals surface area (Å²) in [6.45, 7) is 13.5. The monoisotopic (exact) mass is 395 g/mol. The number of carbonyl (C=O) groups excluding carboxylic acids is 1. The smallest absolute Gasteiger partial charge is 0.413 e. The van der Waals surface area contributed by atoms with Crippen molar-refractivity contribution in [2.75, 3.05) is 0 Å². The van der Waals surface area contributed by atoms with Gasteiger partial charge in [0.15, 0.2) is 0 Å². The lowest BCUT2D eigenvalue weighted by Gasteiger charge is -2.36. The molecule has 1 aliphatic rings. The fourth-order valence-electron chi connectivity index (χ4n) is 3.35. The van der Waals surface area contributed by atoms with Crippen molar-refractivity contribution in [2.24, 2.45) is 0 Å². The summed E-state index contributed by atoms with van der Waals surface area (Å²) in [5.74, 6) is 0.664. The second-order valence-electron chi connectivity index (χ2n) is 8.53. The summed E-state index contributed by atoms with van der Waals surface area (Å²) >= 11 is 0. The van der Waals surface area contributed by atoms with Gasteiger partial charge >= 0.3 is 6.09 Å². The minimum atomic E-state index is -0.662. The molecule has 0 bridgehead atoms. The molecule has 29 heavy (non-hydrogen) atoms. The van der Waals surface area contributed by atoms with Crippen LogP contribution in [0.4, 0.5) is 9.18 Å². The number of halogens is 1. The molecule has 152 valence electrons. The van der Waals surface area contributed by atoms with Crippen molar-refractivity contribution in [1.82, 2.24) is 5.32 Å². The molecule has 5 heteroatoms. The molecule has 0 atom stereocenters. The lowest BCUT2D eigenvalue weighted by atomic mass is 9.82. The number of hydrogen-bond acceptors (Lipinski definition) is 3. The molecular weight excluding hydrogens is 369 g/mol. The summed E-state index contributed by atoms with van der Waals surface area (Å²) in [6, 6.07) is 11.6. The number of fused-ring (bicyclic) bond motifs is 1. The third-order valence-corrected chi connectivity index (χ3v) is 4.53. The molecule has 0 spiro atoms. The van der Waals surface area contributed by atoms with E-state index in [2.05, 4.69) is 11.9 Å². The Morgan fingerprint density at radius 3 is 2.41 bits per heavy atom. The minimum Gasteiger partial charge on any atom is -0.482 e. The molecule has 0 aliphatic carbocycles. The normalized spacial score (nSPS) is 15.2. The topological polar surface area (TPSA) is 47.6 Å². The Balaban J connectivity index is 2.05. The van der Waals surface area contributed by atoms with Crippen molar-refractivity contribution in [1.29, 1.82) is 0 Å². The third-order valence-electron chi connectivity index (χ3n) is 4.53. The fraction of sp³-hybridized carbons (Fsp3) is 0.292. The molecule has 1 heterocycles. The van der Waals surface area contributed by atoms with E-state index in [0.717, 1.165) is 22.3 Å². The standard InChI is InChI=1S/C24H26FNO3/c1-7-19-21(15-8-10-16(25)11-9-15)18-13-12-17(14-20(18)29-24(19,5)6)28-22(27)26-23(2,3)4/h7-14H,1H2,2-6H3,(H,26,27). The van der Waals surface area contributed by atoms with E-state index in [-0.39, 0.29) is 5.82 Å². The Kier molecular flexibility index (Phi) is 5.26.